The van der Waals surface area contributed by atoms with Crippen molar-refractivity contribution < 1.29 is 13.9 Å². The zero-order valence-electron chi connectivity index (χ0n) is 11.6. The van der Waals surface area contributed by atoms with E-state index in [0.717, 1.165) is 10.9 Å². The molecule has 2 rings (SSSR count). The maximum Gasteiger partial charge on any atom is 0.336 e. The van der Waals surface area contributed by atoms with Crippen LogP contribution in [0.25, 0.3) is 11.0 Å². The summed E-state index contributed by atoms with van der Waals surface area (Å²) in [5.41, 5.74) is 1.48. The van der Waals surface area contributed by atoms with Crippen molar-refractivity contribution in [2.24, 2.45) is 0 Å². The SMILES string of the molecule is C=C(C)C(=O)CCOc1ccc2c(C)cc(=O)oc2c1. The summed E-state index contributed by atoms with van der Waals surface area (Å²) in [4.78, 5) is 22.7. The van der Waals surface area contributed by atoms with E-state index in [4.69, 9.17) is 9.15 Å². The molecule has 104 valence electrons. The summed E-state index contributed by atoms with van der Waals surface area (Å²) < 4.78 is 10.6. The van der Waals surface area contributed by atoms with Gasteiger partial charge in [-0.3, -0.25) is 4.79 Å². The van der Waals surface area contributed by atoms with Gasteiger partial charge in [0.05, 0.1) is 6.61 Å². The topological polar surface area (TPSA) is 56.5 Å². The molecule has 0 unspecified atom stereocenters. The minimum Gasteiger partial charge on any atom is -0.493 e. The lowest BCUT2D eigenvalue weighted by molar-refractivity contribution is -0.115. The van der Waals surface area contributed by atoms with Gasteiger partial charge < -0.3 is 9.15 Å². The summed E-state index contributed by atoms with van der Waals surface area (Å²) in [6, 6.07) is 6.74. The molecule has 0 saturated carbocycles. The van der Waals surface area contributed by atoms with Gasteiger partial charge in [-0.2, -0.15) is 0 Å². The Kier molecular flexibility index (Phi) is 4.03. The van der Waals surface area contributed by atoms with Crippen molar-refractivity contribution in [1.29, 1.82) is 0 Å². The molecular formula is C16H16O4. The summed E-state index contributed by atoms with van der Waals surface area (Å²) in [7, 11) is 0. The minimum absolute atomic E-state index is 0.0202. The fourth-order valence-corrected chi connectivity index (χ4v) is 1.87. The van der Waals surface area contributed by atoms with Gasteiger partial charge in [0.2, 0.25) is 0 Å². The standard InChI is InChI=1S/C16H16O4/c1-10(2)14(17)6-7-19-12-4-5-13-11(3)8-16(18)20-15(13)9-12/h4-5,8-9H,1,6-7H2,2-3H3. The van der Waals surface area contributed by atoms with Crippen LogP contribution in [0, 0.1) is 6.92 Å². The summed E-state index contributed by atoms with van der Waals surface area (Å²) >= 11 is 0. The molecule has 0 bridgehead atoms. The number of fused-ring (bicyclic) bond motifs is 1. The zero-order valence-corrected chi connectivity index (χ0v) is 11.6. The third-order valence-corrected chi connectivity index (χ3v) is 3.00. The Morgan fingerprint density at radius 3 is 2.80 bits per heavy atom. The number of allylic oxidation sites excluding steroid dienone is 1. The van der Waals surface area contributed by atoms with Crippen LogP contribution in [0.4, 0.5) is 0 Å². The highest BCUT2D eigenvalue weighted by Crippen LogP contribution is 2.22. The average molecular weight is 272 g/mol. The van der Waals surface area contributed by atoms with Crippen molar-refractivity contribution in [3.05, 3.63) is 52.4 Å². The number of ether oxygens (including phenoxy) is 1. The molecule has 0 aliphatic heterocycles. The highest BCUT2D eigenvalue weighted by atomic mass is 16.5. The Bertz CT molecular complexity index is 725. The molecule has 1 aromatic heterocycles. The van der Waals surface area contributed by atoms with Gasteiger partial charge >= 0.3 is 5.63 Å². The molecule has 0 aliphatic carbocycles. The van der Waals surface area contributed by atoms with Crippen LogP contribution >= 0.6 is 0 Å². The molecule has 4 nitrogen and oxygen atoms in total. The number of ketones is 1. The third-order valence-electron chi connectivity index (χ3n) is 3.00. The molecule has 1 heterocycles. The Labute approximate surface area is 116 Å². The van der Waals surface area contributed by atoms with E-state index in [1.54, 1.807) is 19.1 Å². The smallest absolute Gasteiger partial charge is 0.336 e. The van der Waals surface area contributed by atoms with Crippen molar-refractivity contribution >= 4 is 16.8 Å². The van der Waals surface area contributed by atoms with Gasteiger partial charge in [0.1, 0.15) is 11.3 Å². The summed E-state index contributed by atoms with van der Waals surface area (Å²) in [6.45, 7) is 7.39. The molecule has 0 fully saturated rings. The molecule has 4 heteroatoms. The molecule has 0 aliphatic rings. The van der Waals surface area contributed by atoms with Gasteiger partial charge in [-0.15, -0.1) is 0 Å². The second-order valence-electron chi connectivity index (χ2n) is 4.71. The zero-order chi connectivity index (χ0) is 14.7. The fourth-order valence-electron chi connectivity index (χ4n) is 1.87. The Hall–Kier alpha value is -2.36. The van der Waals surface area contributed by atoms with Gasteiger partial charge in [0.15, 0.2) is 5.78 Å². The van der Waals surface area contributed by atoms with E-state index < -0.39 is 0 Å². The molecule has 2 aromatic rings. The molecule has 0 radical (unpaired) electrons. The van der Waals surface area contributed by atoms with E-state index in [9.17, 15) is 9.59 Å². The number of carbonyl (C=O) groups excluding carboxylic acids is 1. The summed E-state index contributed by atoms with van der Waals surface area (Å²) in [5, 5.41) is 0.870. The van der Waals surface area contributed by atoms with Gasteiger partial charge in [-0.25, -0.2) is 4.79 Å². The van der Waals surface area contributed by atoms with Crippen molar-refractivity contribution in [2.75, 3.05) is 6.61 Å². The van der Waals surface area contributed by atoms with Crippen LogP contribution < -0.4 is 10.4 Å². The molecule has 0 atom stereocenters. The van der Waals surface area contributed by atoms with Crippen LogP contribution in [-0.4, -0.2) is 12.4 Å². The predicted molar refractivity (Wildman–Crippen MR) is 77.2 cm³/mol. The van der Waals surface area contributed by atoms with Crippen molar-refractivity contribution in [1.82, 2.24) is 0 Å². The quantitative estimate of drug-likeness (QED) is 0.620. The number of carbonyl (C=O) groups is 1. The first-order valence-corrected chi connectivity index (χ1v) is 6.33. The lowest BCUT2D eigenvalue weighted by Gasteiger charge is -2.07. The van der Waals surface area contributed by atoms with Crippen LogP contribution in [0.2, 0.25) is 0 Å². The number of Topliss-reactive ketones (excluding diaryl/α,β-unsaturated/α-hetero) is 1. The van der Waals surface area contributed by atoms with Crippen molar-refractivity contribution in [3.8, 4) is 5.75 Å². The first kappa shape index (κ1) is 14.1. The normalized spacial score (nSPS) is 10.5. The number of hydrogen-bond donors (Lipinski definition) is 0. The van der Waals surface area contributed by atoms with E-state index in [2.05, 4.69) is 6.58 Å². The molecule has 0 N–H and O–H groups in total. The highest BCUT2D eigenvalue weighted by molar-refractivity contribution is 5.94. The van der Waals surface area contributed by atoms with Crippen LogP contribution in [0.5, 0.6) is 5.75 Å². The maximum atomic E-state index is 11.4. The highest BCUT2D eigenvalue weighted by Gasteiger charge is 2.06. The minimum atomic E-state index is -0.385. The molecular weight excluding hydrogens is 256 g/mol. The van der Waals surface area contributed by atoms with Crippen molar-refractivity contribution in [2.45, 2.75) is 20.3 Å². The van der Waals surface area contributed by atoms with Crippen LogP contribution in [0.1, 0.15) is 18.9 Å². The lowest BCUT2D eigenvalue weighted by atomic mass is 10.1. The Morgan fingerprint density at radius 1 is 1.35 bits per heavy atom. The number of rotatable bonds is 5. The summed E-state index contributed by atoms with van der Waals surface area (Å²) in [6.07, 6.45) is 0.283. The summed E-state index contributed by atoms with van der Waals surface area (Å²) in [5.74, 6) is 0.550. The lowest BCUT2D eigenvalue weighted by Crippen LogP contribution is -2.06. The average Bonchev–Trinajstić information content (AvgIpc) is 2.37. The largest absolute Gasteiger partial charge is 0.493 e. The van der Waals surface area contributed by atoms with E-state index >= 15 is 0 Å². The van der Waals surface area contributed by atoms with E-state index in [1.807, 2.05) is 13.0 Å². The van der Waals surface area contributed by atoms with E-state index in [0.29, 0.717) is 16.9 Å². The third kappa shape index (κ3) is 3.15. The van der Waals surface area contributed by atoms with Crippen LogP contribution in [0.3, 0.4) is 0 Å². The second-order valence-corrected chi connectivity index (χ2v) is 4.71. The Balaban J connectivity index is 2.14. The fraction of sp³-hybridized carbons (Fsp3) is 0.250. The van der Waals surface area contributed by atoms with Gasteiger partial charge in [0.25, 0.3) is 0 Å². The molecule has 0 amide bonds. The van der Waals surface area contributed by atoms with Crippen LogP contribution in [-0.2, 0) is 4.79 Å². The first-order valence-electron chi connectivity index (χ1n) is 6.33. The van der Waals surface area contributed by atoms with Gasteiger partial charge in [0, 0.05) is 23.9 Å². The maximum absolute atomic E-state index is 11.4. The van der Waals surface area contributed by atoms with E-state index in [1.165, 1.54) is 6.07 Å². The number of hydrogen-bond acceptors (Lipinski definition) is 4. The molecule has 20 heavy (non-hydrogen) atoms. The molecule has 1 aromatic carbocycles. The van der Waals surface area contributed by atoms with Gasteiger partial charge in [-0.1, -0.05) is 6.58 Å². The van der Waals surface area contributed by atoms with Crippen molar-refractivity contribution in [3.63, 3.8) is 0 Å². The Morgan fingerprint density at radius 2 is 2.10 bits per heavy atom. The van der Waals surface area contributed by atoms with Gasteiger partial charge in [-0.05, 0) is 37.1 Å². The number of benzene rings is 1. The van der Waals surface area contributed by atoms with E-state index in [-0.39, 0.29) is 24.4 Å². The van der Waals surface area contributed by atoms with Crippen LogP contribution in [0.15, 0.2) is 45.6 Å². The monoisotopic (exact) mass is 272 g/mol. The number of aryl methyl sites for hydroxylation is 1. The molecule has 0 spiro atoms. The first-order chi connectivity index (χ1) is 9.47. The molecule has 0 saturated heterocycles. The second kappa shape index (κ2) is 5.74. The predicted octanol–water partition coefficient (Wildman–Crippen LogP) is 3.02.